The van der Waals surface area contributed by atoms with E-state index in [1.165, 1.54) is 0 Å². The van der Waals surface area contributed by atoms with Gasteiger partial charge in [0.15, 0.2) is 11.6 Å². The van der Waals surface area contributed by atoms with Crippen molar-refractivity contribution in [2.24, 2.45) is 0 Å². The molecule has 3 heteroatoms. The summed E-state index contributed by atoms with van der Waals surface area (Å²) in [5, 5.41) is 1.64. The molecule has 0 aliphatic heterocycles. The molecule has 0 fully saturated rings. The van der Waals surface area contributed by atoms with E-state index in [0.717, 1.165) is 16.3 Å². The molecular formula is C26H16O3. The monoisotopic (exact) mass is 376 g/mol. The van der Waals surface area contributed by atoms with Crippen molar-refractivity contribution in [3.05, 3.63) is 113 Å². The van der Waals surface area contributed by atoms with E-state index in [1.54, 1.807) is 36.4 Å². The normalized spacial score (nSPS) is 12.4. The fraction of sp³-hybridized carbons (Fsp3) is 0. The predicted molar refractivity (Wildman–Crippen MR) is 114 cm³/mol. The molecule has 0 atom stereocenters. The maximum atomic E-state index is 13.4. The Bertz CT molecular complexity index is 1310. The minimum Gasteiger partial charge on any atom is -0.456 e. The Labute approximate surface area is 167 Å². The predicted octanol–water partition coefficient (Wildman–Crippen LogP) is 6.05. The first-order valence-electron chi connectivity index (χ1n) is 9.32. The standard InChI is InChI=1S/C26H16O3/c1-2-16-11-13-18(14-12-16)29-26-19-8-4-3-7-17(19)15-22-23(26)25(28)21-10-6-5-9-20(21)24(22)27/h2-15H,1H2. The van der Waals surface area contributed by atoms with E-state index in [9.17, 15) is 9.59 Å². The maximum absolute atomic E-state index is 13.4. The van der Waals surface area contributed by atoms with Crippen LogP contribution in [0, 0.1) is 0 Å². The molecule has 1 aliphatic rings. The van der Waals surface area contributed by atoms with E-state index in [4.69, 9.17) is 4.74 Å². The number of ether oxygens (including phenoxy) is 1. The van der Waals surface area contributed by atoms with Gasteiger partial charge in [0, 0.05) is 22.1 Å². The highest BCUT2D eigenvalue weighted by Crippen LogP contribution is 2.40. The molecule has 29 heavy (non-hydrogen) atoms. The number of hydrogen-bond acceptors (Lipinski definition) is 3. The van der Waals surface area contributed by atoms with Crippen LogP contribution in [0.15, 0.2) is 85.4 Å². The Morgan fingerprint density at radius 3 is 2.10 bits per heavy atom. The van der Waals surface area contributed by atoms with Gasteiger partial charge in [-0.1, -0.05) is 73.3 Å². The Morgan fingerprint density at radius 1 is 0.724 bits per heavy atom. The van der Waals surface area contributed by atoms with Crippen LogP contribution in [-0.4, -0.2) is 11.6 Å². The second-order valence-electron chi connectivity index (χ2n) is 6.93. The molecule has 0 heterocycles. The maximum Gasteiger partial charge on any atom is 0.198 e. The molecule has 0 saturated heterocycles. The second-order valence-corrected chi connectivity index (χ2v) is 6.93. The van der Waals surface area contributed by atoms with E-state index < -0.39 is 0 Å². The molecule has 0 unspecified atom stereocenters. The van der Waals surface area contributed by atoms with Crippen molar-refractivity contribution in [3.8, 4) is 11.5 Å². The average molecular weight is 376 g/mol. The van der Waals surface area contributed by atoms with E-state index in [-0.39, 0.29) is 11.6 Å². The third-order valence-electron chi connectivity index (χ3n) is 5.23. The first-order chi connectivity index (χ1) is 14.2. The van der Waals surface area contributed by atoms with Gasteiger partial charge in [0.05, 0.1) is 5.56 Å². The summed E-state index contributed by atoms with van der Waals surface area (Å²) in [5.41, 5.74) is 2.51. The van der Waals surface area contributed by atoms with Gasteiger partial charge in [0.25, 0.3) is 0 Å². The van der Waals surface area contributed by atoms with Crippen molar-refractivity contribution in [2.75, 3.05) is 0 Å². The molecule has 1 aliphatic carbocycles. The molecule has 0 spiro atoms. The summed E-state index contributed by atoms with van der Waals surface area (Å²) in [6.45, 7) is 3.76. The summed E-state index contributed by atoms with van der Waals surface area (Å²) < 4.78 is 6.22. The largest absolute Gasteiger partial charge is 0.456 e. The number of fused-ring (bicyclic) bond motifs is 3. The fourth-order valence-corrected chi connectivity index (χ4v) is 3.77. The third kappa shape index (κ3) is 2.67. The molecule has 138 valence electrons. The van der Waals surface area contributed by atoms with Gasteiger partial charge < -0.3 is 4.74 Å². The molecular weight excluding hydrogens is 360 g/mol. The summed E-state index contributed by atoms with van der Waals surface area (Å²) >= 11 is 0. The summed E-state index contributed by atoms with van der Waals surface area (Å²) in [6.07, 6.45) is 1.75. The number of benzene rings is 4. The van der Waals surface area contributed by atoms with Gasteiger partial charge in [0.1, 0.15) is 11.5 Å². The summed E-state index contributed by atoms with van der Waals surface area (Å²) in [7, 11) is 0. The summed E-state index contributed by atoms with van der Waals surface area (Å²) in [5.74, 6) is 0.650. The molecule has 0 N–H and O–H groups in total. The van der Waals surface area contributed by atoms with Crippen molar-refractivity contribution < 1.29 is 14.3 Å². The van der Waals surface area contributed by atoms with Crippen LogP contribution in [0.25, 0.3) is 16.8 Å². The highest BCUT2D eigenvalue weighted by Gasteiger charge is 2.33. The molecule has 4 aromatic carbocycles. The van der Waals surface area contributed by atoms with Crippen molar-refractivity contribution in [1.29, 1.82) is 0 Å². The highest BCUT2D eigenvalue weighted by molar-refractivity contribution is 6.31. The van der Waals surface area contributed by atoms with Gasteiger partial charge in [-0.3, -0.25) is 9.59 Å². The van der Waals surface area contributed by atoms with Gasteiger partial charge >= 0.3 is 0 Å². The van der Waals surface area contributed by atoms with Crippen LogP contribution in [0.4, 0.5) is 0 Å². The Balaban J connectivity index is 1.77. The lowest BCUT2D eigenvalue weighted by Crippen LogP contribution is -2.21. The van der Waals surface area contributed by atoms with Gasteiger partial charge in [-0.2, -0.15) is 0 Å². The number of ketones is 2. The first kappa shape index (κ1) is 17.1. The minimum atomic E-state index is -0.196. The molecule has 0 radical (unpaired) electrons. The van der Waals surface area contributed by atoms with Gasteiger partial charge in [0.2, 0.25) is 0 Å². The van der Waals surface area contributed by atoms with E-state index in [0.29, 0.717) is 33.8 Å². The van der Waals surface area contributed by atoms with Gasteiger partial charge in [-0.25, -0.2) is 0 Å². The zero-order chi connectivity index (χ0) is 20.0. The van der Waals surface area contributed by atoms with Crippen molar-refractivity contribution in [3.63, 3.8) is 0 Å². The summed E-state index contributed by atoms with van der Waals surface area (Å²) in [4.78, 5) is 26.5. The van der Waals surface area contributed by atoms with Crippen LogP contribution in [0.3, 0.4) is 0 Å². The van der Waals surface area contributed by atoms with Crippen LogP contribution < -0.4 is 4.74 Å². The van der Waals surface area contributed by atoms with Crippen LogP contribution in [0.2, 0.25) is 0 Å². The minimum absolute atomic E-state index is 0.159. The molecule has 0 aromatic heterocycles. The third-order valence-corrected chi connectivity index (χ3v) is 5.23. The zero-order valence-electron chi connectivity index (χ0n) is 15.5. The van der Waals surface area contributed by atoms with Crippen molar-refractivity contribution >= 4 is 28.4 Å². The lowest BCUT2D eigenvalue weighted by atomic mass is 9.82. The van der Waals surface area contributed by atoms with E-state index in [1.807, 2.05) is 48.5 Å². The second kappa shape index (κ2) is 6.57. The number of hydrogen-bond donors (Lipinski definition) is 0. The van der Waals surface area contributed by atoms with Crippen LogP contribution >= 0.6 is 0 Å². The van der Waals surface area contributed by atoms with Gasteiger partial charge in [-0.05, 0) is 29.1 Å². The zero-order valence-corrected chi connectivity index (χ0v) is 15.5. The molecule has 0 bridgehead atoms. The SMILES string of the molecule is C=Cc1ccc(Oc2c3c(cc4ccccc24)C(=O)c2ccccc2C3=O)cc1. The van der Waals surface area contributed by atoms with Gasteiger partial charge in [-0.15, -0.1) is 0 Å². The van der Waals surface area contributed by atoms with E-state index >= 15 is 0 Å². The molecule has 0 saturated carbocycles. The van der Waals surface area contributed by atoms with Crippen LogP contribution in [-0.2, 0) is 0 Å². The number of carbonyl (C=O) groups is 2. The number of rotatable bonds is 3. The lowest BCUT2D eigenvalue weighted by Gasteiger charge is -2.22. The fourth-order valence-electron chi connectivity index (χ4n) is 3.77. The Kier molecular flexibility index (Phi) is 3.88. The molecule has 4 aromatic rings. The quantitative estimate of drug-likeness (QED) is 0.385. The first-order valence-corrected chi connectivity index (χ1v) is 9.32. The molecule has 5 rings (SSSR count). The Hall–Kier alpha value is -3.98. The van der Waals surface area contributed by atoms with Crippen molar-refractivity contribution in [2.45, 2.75) is 0 Å². The highest BCUT2D eigenvalue weighted by atomic mass is 16.5. The van der Waals surface area contributed by atoms with Crippen LogP contribution in [0.5, 0.6) is 11.5 Å². The van der Waals surface area contributed by atoms with E-state index in [2.05, 4.69) is 6.58 Å². The smallest absolute Gasteiger partial charge is 0.198 e. The summed E-state index contributed by atoms with van der Waals surface area (Å²) in [6, 6.07) is 23.8. The molecule has 3 nitrogen and oxygen atoms in total. The number of carbonyl (C=O) groups excluding carboxylic acids is 2. The molecule has 0 amide bonds. The topological polar surface area (TPSA) is 43.4 Å². The van der Waals surface area contributed by atoms with Crippen molar-refractivity contribution in [1.82, 2.24) is 0 Å². The van der Waals surface area contributed by atoms with Crippen LogP contribution in [0.1, 0.15) is 37.4 Å². The average Bonchev–Trinajstić information content (AvgIpc) is 2.77. The Morgan fingerprint density at radius 2 is 1.38 bits per heavy atom. The lowest BCUT2D eigenvalue weighted by molar-refractivity contribution is 0.0977.